The molecule has 0 radical (unpaired) electrons. The predicted octanol–water partition coefficient (Wildman–Crippen LogP) is 3.80. The van der Waals surface area contributed by atoms with Gasteiger partial charge < -0.3 is 0 Å². The summed E-state index contributed by atoms with van der Waals surface area (Å²) in [6.07, 6.45) is 4.24. The summed E-state index contributed by atoms with van der Waals surface area (Å²) in [7, 11) is 0. The first-order valence-electron chi connectivity index (χ1n) is 5.91. The Labute approximate surface area is 114 Å². The zero-order valence-electron chi connectivity index (χ0n) is 10.4. The second kappa shape index (κ2) is 9.30. The van der Waals surface area contributed by atoms with E-state index in [4.69, 9.17) is 0 Å². The monoisotopic (exact) mass is 206 g/mol. The van der Waals surface area contributed by atoms with Gasteiger partial charge in [-0.3, -0.25) is 0 Å². The second-order valence-electron chi connectivity index (χ2n) is 5.75. The summed E-state index contributed by atoms with van der Waals surface area (Å²) in [5, 5.41) is 0. The molecule has 0 aliphatic heterocycles. The summed E-state index contributed by atoms with van der Waals surface area (Å²) in [4.78, 5) is 0. The fourth-order valence-corrected chi connectivity index (χ4v) is 2.29. The van der Waals surface area contributed by atoms with E-state index in [0.29, 0.717) is 0 Å². The Morgan fingerprint density at radius 3 is 1.00 bits per heavy atom. The van der Waals surface area contributed by atoms with Crippen molar-refractivity contribution in [1.29, 1.82) is 0 Å². The zero-order valence-corrected chi connectivity index (χ0v) is 10.4. The Kier molecular flexibility index (Phi) is 11.6. The van der Waals surface area contributed by atoms with Gasteiger partial charge in [0.1, 0.15) is 6.71 Å². The average Bonchev–Trinajstić information content (AvgIpc) is 1.80. The van der Waals surface area contributed by atoms with E-state index in [1.54, 1.807) is 0 Å². The molecule has 0 unspecified atom stereocenters. The van der Waals surface area contributed by atoms with Crippen LogP contribution in [-0.4, -0.2) is 36.3 Å². The summed E-state index contributed by atoms with van der Waals surface area (Å²) in [6.45, 7) is 15.0. The molecule has 0 saturated heterocycles. The Morgan fingerprint density at radius 1 is 0.643 bits per heavy atom. The fraction of sp³-hybridized carbons (Fsp3) is 1.00. The molecule has 0 amide bonds. The first kappa shape index (κ1) is 17.5. The molecule has 0 aliphatic carbocycles. The molecule has 0 fully saturated rings. The predicted molar refractivity (Wildman–Crippen MR) is 71.8 cm³/mol. The molecule has 0 N–H and O–H groups in total. The minimum atomic E-state index is 0. The van der Waals surface area contributed by atoms with E-state index in [-0.39, 0.29) is 29.6 Å². The van der Waals surface area contributed by atoms with E-state index < -0.39 is 0 Å². The van der Waals surface area contributed by atoms with Crippen molar-refractivity contribution in [3.05, 3.63) is 0 Å². The summed E-state index contributed by atoms with van der Waals surface area (Å²) in [6, 6.07) is 0. The van der Waals surface area contributed by atoms with Crippen LogP contribution in [0.1, 0.15) is 41.5 Å². The van der Waals surface area contributed by atoms with E-state index in [1.807, 2.05) is 0 Å². The van der Waals surface area contributed by atoms with Gasteiger partial charge in [-0.05, 0) is 0 Å². The first-order chi connectivity index (χ1) is 5.91. The summed E-state index contributed by atoms with van der Waals surface area (Å²) in [5.41, 5.74) is 0. The van der Waals surface area contributed by atoms with E-state index >= 15 is 0 Å². The van der Waals surface area contributed by atoms with Crippen molar-refractivity contribution in [3.8, 4) is 0 Å². The van der Waals surface area contributed by atoms with Crippen molar-refractivity contribution in [2.24, 2.45) is 17.8 Å². The van der Waals surface area contributed by atoms with E-state index in [9.17, 15) is 0 Å². The van der Waals surface area contributed by atoms with Gasteiger partial charge in [0.05, 0.1) is 0 Å². The van der Waals surface area contributed by atoms with Crippen LogP contribution in [0.2, 0.25) is 19.0 Å². The van der Waals surface area contributed by atoms with Crippen molar-refractivity contribution in [1.82, 2.24) is 0 Å². The molecular weight excluding hydrogens is 178 g/mol. The molecule has 0 aromatic heterocycles. The van der Waals surface area contributed by atoms with E-state index in [2.05, 4.69) is 41.5 Å². The van der Waals surface area contributed by atoms with Crippen LogP contribution in [-0.2, 0) is 0 Å². The molecule has 0 heterocycles. The second-order valence-corrected chi connectivity index (χ2v) is 5.75. The number of rotatable bonds is 6. The van der Waals surface area contributed by atoms with Gasteiger partial charge in [-0.15, -0.1) is 0 Å². The molecule has 0 spiro atoms. The average molecular weight is 206 g/mol. The maximum absolute atomic E-state index is 2.34. The van der Waals surface area contributed by atoms with Gasteiger partial charge in [-0.1, -0.05) is 78.3 Å². The third kappa shape index (κ3) is 11.1. The third-order valence-corrected chi connectivity index (χ3v) is 2.41. The van der Waals surface area contributed by atoms with Crippen LogP contribution in [0.5, 0.6) is 0 Å². The molecule has 0 atom stereocenters. The Bertz CT molecular complexity index is 97.7. The zero-order chi connectivity index (χ0) is 10.4. The molecule has 0 aromatic carbocycles. The van der Waals surface area contributed by atoms with Crippen LogP contribution in [0.4, 0.5) is 0 Å². The summed E-state index contributed by atoms with van der Waals surface area (Å²) < 4.78 is 0. The van der Waals surface area contributed by atoms with Crippen LogP contribution >= 0.6 is 0 Å². The van der Waals surface area contributed by atoms with Gasteiger partial charge in [0.2, 0.25) is 0 Å². The normalized spacial score (nSPS) is 10.9. The standard InChI is InChI=1S/C12H27B.Na.H/c1-10(2)7-13(8-11(3)4)9-12(5)6;;/h10-12H,7-9H2,1-6H3;;. The first-order valence-corrected chi connectivity index (χ1v) is 5.91. The van der Waals surface area contributed by atoms with Crippen LogP contribution < -0.4 is 0 Å². The Hall–Kier alpha value is 1.06. The van der Waals surface area contributed by atoms with Crippen molar-refractivity contribution in [2.75, 3.05) is 0 Å². The molecule has 0 nitrogen and oxygen atoms in total. The van der Waals surface area contributed by atoms with Crippen molar-refractivity contribution in [2.45, 2.75) is 60.5 Å². The minimum absolute atomic E-state index is 0. The van der Waals surface area contributed by atoms with E-state index in [0.717, 1.165) is 24.5 Å². The van der Waals surface area contributed by atoms with Crippen molar-refractivity contribution < 1.29 is 0 Å². The number of hydrogen-bond acceptors (Lipinski definition) is 0. The van der Waals surface area contributed by atoms with Gasteiger partial charge in [-0.25, -0.2) is 0 Å². The fourth-order valence-electron chi connectivity index (χ4n) is 2.29. The molecule has 2 heteroatoms. The van der Waals surface area contributed by atoms with Crippen LogP contribution in [0.15, 0.2) is 0 Å². The van der Waals surface area contributed by atoms with Gasteiger partial charge in [0.15, 0.2) is 0 Å². The summed E-state index contributed by atoms with van der Waals surface area (Å²) >= 11 is 0. The quantitative estimate of drug-likeness (QED) is 0.580. The molecule has 14 heavy (non-hydrogen) atoms. The third-order valence-electron chi connectivity index (χ3n) is 2.41. The SMILES string of the molecule is CC(C)CB(CC(C)C)CC(C)C.[NaH]. The van der Waals surface area contributed by atoms with Crippen molar-refractivity contribution in [3.63, 3.8) is 0 Å². The van der Waals surface area contributed by atoms with E-state index in [1.165, 1.54) is 19.0 Å². The topological polar surface area (TPSA) is 0 Å². The van der Waals surface area contributed by atoms with Gasteiger partial charge in [0.25, 0.3) is 0 Å². The molecule has 0 aromatic rings. The molecule has 0 aliphatic rings. The van der Waals surface area contributed by atoms with Crippen LogP contribution in [0.3, 0.4) is 0 Å². The molecule has 0 rings (SSSR count). The van der Waals surface area contributed by atoms with Crippen molar-refractivity contribution >= 4 is 36.3 Å². The Balaban J connectivity index is 0. The van der Waals surface area contributed by atoms with Gasteiger partial charge >= 0.3 is 29.6 Å². The molecular formula is C12H28BNa. The summed E-state index contributed by atoms with van der Waals surface area (Å²) in [5.74, 6) is 2.59. The molecule has 80 valence electrons. The molecule has 0 bridgehead atoms. The van der Waals surface area contributed by atoms with Crippen LogP contribution in [0.25, 0.3) is 0 Å². The van der Waals surface area contributed by atoms with Gasteiger partial charge in [-0.2, -0.15) is 0 Å². The van der Waals surface area contributed by atoms with Crippen LogP contribution in [0, 0.1) is 17.8 Å². The molecule has 0 saturated carbocycles. The Morgan fingerprint density at radius 2 is 0.857 bits per heavy atom. The maximum atomic E-state index is 2.34. The number of hydrogen-bond donors (Lipinski definition) is 0. The van der Waals surface area contributed by atoms with Gasteiger partial charge in [0, 0.05) is 0 Å².